The summed E-state index contributed by atoms with van der Waals surface area (Å²) < 4.78 is 5.41. The Morgan fingerprint density at radius 1 is 1.33 bits per heavy atom. The van der Waals surface area contributed by atoms with Crippen LogP contribution in [0.5, 0.6) is 5.75 Å². The minimum Gasteiger partial charge on any atom is -0.484 e. The van der Waals surface area contributed by atoms with Crippen molar-refractivity contribution in [1.29, 1.82) is 0 Å². The first-order valence-corrected chi connectivity index (χ1v) is 7.78. The third-order valence-electron chi connectivity index (χ3n) is 3.51. The van der Waals surface area contributed by atoms with Crippen molar-refractivity contribution in [3.63, 3.8) is 0 Å². The van der Waals surface area contributed by atoms with Crippen LogP contribution in [0.4, 0.5) is 0 Å². The third kappa shape index (κ3) is 3.75. The number of amides is 1. The summed E-state index contributed by atoms with van der Waals surface area (Å²) in [6.07, 6.45) is 3.44. The lowest BCUT2D eigenvalue weighted by Crippen LogP contribution is -2.24. The highest BCUT2D eigenvalue weighted by Crippen LogP contribution is 2.20. The highest BCUT2D eigenvalue weighted by molar-refractivity contribution is 6.31. The van der Waals surface area contributed by atoms with Gasteiger partial charge in [-0.15, -0.1) is 0 Å². The van der Waals surface area contributed by atoms with Crippen LogP contribution in [-0.2, 0) is 4.79 Å². The molecule has 1 amide bonds. The van der Waals surface area contributed by atoms with E-state index in [-0.39, 0.29) is 12.5 Å². The summed E-state index contributed by atoms with van der Waals surface area (Å²) in [7, 11) is 0. The highest BCUT2D eigenvalue weighted by Gasteiger charge is 2.04. The Morgan fingerprint density at radius 3 is 3.00 bits per heavy atom. The lowest BCUT2D eigenvalue weighted by Gasteiger charge is -2.06. The molecule has 24 heavy (non-hydrogen) atoms. The number of H-pyrrole nitrogens is 1. The first kappa shape index (κ1) is 16.1. The molecule has 1 aromatic heterocycles. The van der Waals surface area contributed by atoms with Crippen molar-refractivity contribution in [2.45, 2.75) is 6.92 Å². The fourth-order valence-electron chi connectivity index (χ4n) is 2.26. The van der Waals surface area contributed by atoms with E-state index in [2.05, 4.69) is 15.5 Å². The van der Waals surface area contributed by atoms with Crippen LogP contribution in [0, 0.1) is 6.92 Å². The Balaban J connectivity index is 1.54. The van der Waals surface area contributed by atoms with Crippen molar-refractivity contribution in [2.24, 2.45) is 5.10 Å². The van der Waals surface area contributed by atoms with E-state index in [1.165, 1.54) is 0 Å². The van der Waals surface area contributed by atoms with Gasteiger partial charge in [0.15, 0.2) is 6.61 Å². The second-order valence-corrected chi connectivity index (χ2v) is 5.69. The Kier molecular flexibility index (Phi) is 4.82. The number of aromatic nitrogens is 1. The van der Waals surface area contributed by atoms with E-state index in [0.717, 1.165) is 22.0 Å². The molecule has 0 atom stereocenters. The minimum absolute atomic E-state index is 0.119. The van der Waals surface area contributed by atoms with Crippen LogP contribution in [0.3, 0.4) is 0 Å². The zero-order valence-corrected chi connectivity index (χ0v) is 13.8. The van der Waals surface area contributed by atoms with Crippen molar-refractivity contribution in [3.8, 4) is 5.75 Å². The number of hydrazone groups is 1. The predicted molar refractivity (Wildman–Crippen MR) is 95.7 cm³/mol. The second kappa shape index (κ2) is 7.19. The number of aryl methyl sites for hydroxylation is 1. The van der Waals surface area contributed by atoms with Gasteiger partial charge in [-0.1, -0.05) is 29.8 Å². The van der Waals surface area contributed by atoms with E-state index in [1.54, 1.807) is 24.4 Å². The molecular formula is C18H16ClN3O2. The Hall–Kier alpha value is -2.79. The van der Waals surface area contributed by atoms with Gasteiger partial charge < -0.3 is 9.72 Å². The predicted octanol–water partition coefficient (Wildman–Crippen LogP) is 3.66. The van der Waals surface area contributed by atoms with Crippen LogP contribution in [0.25, 0.3) is 10.9 Å². The van der Waals surface area contributed by atoms with Gasteiger partial charge in [-0.05, 0) is 36.8 Å². The molecule has 0 radical (unpaired) electrons. The largest absolute Gasteiger partial charge is 0.484 e. The SMILES string of the molecule is Cc1cc(OCC(=O)NN=Cc2c[nH]c3ccccc23)ccc1Cl. The first-order valence-electron chi connectivity index (χ1n) is 7.40. The lowest BCUT2D eigenvalue weighted by atomic mass is 10.2. The number of para-hydroxylation sites is 1. The fraction of sp³-hybridized carbons (Fsp3) is 0.111. The standard InChI is InChI=1S/C18H16ClN3O2/c1-12-8-14(6-7-16(12)19)24-11-18(23)22-21-10-13-9-20-17-5-3-2-4-15(13)17/h2-10,20H,11H2,1H3,(H,22,23). The molecule has 0 fully saturated rings. The number of hydrogen-bond donors (Lipinski definition) is 2. The van der Waals surface area contributed by atoms with Crippen LogP contribution >= 0.6 is 11.6 Å². The van der Waals surface area contributed by atoms with Crippen molar-refractivity contribution in [3.05, 3.63) is 64.8 Å². The van der Waals surface area contributed by atoms with Gasteiger partial charge >= 0.3 is 0 Å². The smallest absolute Gasteiger partial charge is 0.277 e. The quantitative estimate of drug-likeness (QED) is 0.549. The zero-order chi connectivity index (χ0) is 16.9. The summed E-state index contributed by atoms with van der Waals surface area (Å²) >= 11 is 5.95. The van der Waals surface area contributed by atoms with Crippen LogP contribution in [0.15, 0.2) is 53.8 Å². The van der Waals surface area contributed by atoms with E-state index in [1.807, 2.05) is 37.4 Å². The number of aromatic amines is 1. The van der Waals surface area contributed by atoms with E-state index in [0.29, 0.717) is 10.8 Å². The third-order valence-corrected chi connectivity index (χ3v) is 3.94. The first-order chi connectivity index (χ1) is 11.6. The Labute approximate surface area is 144 Å². The van der Waals surface area contributed by atoms with Crippen LogP contribution in [0.2, 0.25) is 5.02 Å². The van der Waals surface area contributed by atoms with Crippen molar-refractivity contribution in [2.75, 3.05) is 6.61 Å². The number of benzene rings is 2. The van der Waals surface area contributed by atoms with E-state index >= 15 is 0 Å². The number of rotatable bonds is 5. The van der Waals surface area contributed by atoms with Crippen LogP contribution in [0.1, 0.15) is 11.1 Å². The molecule has 2 N–H and O–H groups in total. The summed E-state index contributed by atoms with van der Waals surface area (Å²) in [4.78, 5) is 14.9. The number of hydrogen-bond acceptors (Lipinski definition) is 3. The molecular weight excluding hydrogens is 326 g/mol. The van der Waals surface area contributed by atoms with Crippen molar-refractivity contribution < 1.29 is 9.53 Å². The maximum absolute atomic E-state index is 11.8. The number of ether oxygens (including phenoxy) is 1. The van der Waals surface area contributed by atoms with Crippen molar-refractivity contribution >= 4 is 34.6 Å². The molecule has 1 heterocycles. The summed E-state index contributed by atoms with van der Waals surface area (Å²) in [5.74, 6) is 0.256. The monoisotopic (exact) mass is 341 g/mol. The summed E-state index contributed by atoms with van der Waals surface area (Å²) in [5, 5.41) is 5.67. The average molecular weight is 342 g/mol. The van der Waals surface area contributed by atoms with Crippen LogP contribution in [-0.4, -0.2) is 23.7 Å². The molecule has 0 saturated heterocycles. The zero-order valence-electron chi connectivity index (χ0n) is 13.0. The molecule has 3 aromatic rings. The number of carbonyl (C=O) groups is 1. The number of fused-ring (bicyclic) bond motifs is 1. The van der Waals surface area contributed by atoms with Gasteiger partial charge in [0, 0.05) is 27.7 Å². The van der Waals surface area contributed by atoms with Gasteiger partial charge in [-0.25, -0.2) is 5.43 Å². The van der Waals surface area contributed by atoms with Gasteiger partial charge in [0.2, 0.25) is 0 Å². The summed E-state index contributed by atoms with van der Waals surface area (Å²) in [6, 6.07) is 13.1. The molecule has 0 spiro atoms. The van der Waals surface area contributed by atoms with Gasteiger partial charge in [-0.2, -0.15) is 5.10 Å². The maximum Gasteiger partial charge on any atom is 0.277 e. The molecule has 5 nitrogen and oxygen atoms in total. The number of nitrogens with one attached hydrogen (secondary N) is 2. The van der Waals surface area contributed by atoms with Crippen LogP contribution < -0.4 is 10.2 Å². The molecule has 0 aliphatic rings. The van der Waals surface area contributed by atoms with Gasteiger partial charge in [0.25, 0.3) is 5.91 Å². The van der Waals surface area contributed by atoms with Gasteiger partial charge in [0.05, 0.1) is 6.21 Å². The van der Waals surface area contributed by atoms with Crippen molar-refractivity contribution in [1.82, 2.24) is 10.4 Å². The molecule has 0 saturated carbocycles. The molecule has 0 aliphatic carbocycles. The van der Waals surface area contributed by atoms with Gasteiger partial charge in [-0.3, -0.25) is 4.79 Å². The van der Waals surface area contributed by atoms with E-state index in [9.17, 15) is 4.79 Å². The van der Waals surface area contributed by atoms with E-state index < -0.39 is 0 Å². The Bertz CT molecular complexity index is 902. The summed E-state index contributed by atoms with van der Waals surface area (Å²) in [6.45, 7) is 1.76. The molecule has 2 aromatic carbocycles. The Morgan fingerprint density at radius 2 is 2.17 bits per heavy atom. The summed E-state index contributed by atoms with van der Waals surface area (Å²) in [5.41, 5.74) is 5.27. The molecule has 0 bridgehead atoms. The minimum atomic E-state index is -0.335. The molecule has 6 heteroatoms. The average Bonchev–Trinajstić information content (AvgIpc) is 2.99. The molecule has 3 rings (SSSR count). The lowest BCUT2D eigenvalue weighted by molar-refractivity contribution is -0.123. The maximum atomic E-state index is 11.8. The fourth-order valence-corrected chi connectivity index (χ4v) is 2.38. The molecule has 0 unspecified atom stereocenters. The molecule has 0 aliphatic heterocycles. The highest BCUT2D eigenvalue weighted by atomic mass is 35.5. The second-order valence-electron chi connectivity index (χ2n) is 5.28. The van der Waals surface area contributed by atoms with E-state index in [4.69, 9.17) is 16.3 Å². The topological polar surface area (TPSA) is 66.5 Å². The number of nitrogens with zero attached hydrogens (tertiary/aromatic N) is 1. The van der Waals surface area contributed by atoms with Gasteiger partial charge in [0.1, 0.15) is 5.75 Å². The normalized spacial score (nSPS) is 11.1. The molecule has 122 valence electrons. The number of carbonyl (C=O) groups excluding carboxylic acids is 1. The number of halogens is 1.